The van der Waals surface area contributed by atoms with Crippen LogP contribution in [0.4, 0.5) is 0 Å². The van der Waals surface area contributed by atoms with Crippen LogP contribution in [0.1, 0.15) is 5.56 Å². The van der Waals surface area contributed by atoms with Crippen molar-refractivity contribution in [3.8, 4) is 0 Å². The maximum atomic E-state index is 11.4. The standard InChI is InChI=1S/C11H12BrNO2S/c12-11-6-10(8-16(11,14)15)13-7-9-4-2-1-3-5-9/h1-6,10,13H,7-8H2. The average molecular weight is 302 g/mol. The van der Waals surface area contributed by atoms with E-state index in [1.165, 1.54) is 0 Å². The Morgan fingerprint density at radius 2 is 2.00 bits per heavy atom. The molecule has 2 rings (SSSR count). The van der Waals surface area contributed by atoms with E-state index in [1.54, 1.807) is 6.08 Å². The number of hydrogen-bond donors (Lipinski definition) is 1. The predicted octanol–water partition coefficient (Wildman–Crippen LogP) is 1.81. The van der Waals surface area contributed by atoms with Crippen LogP contribution in [0.5, 0.6) is 0 Å². The molecule has 0 saturated carbocycles. The molecule has 1 aromatic rings. The third kappa shape index (κ3) is 2.72. The number of nitrogens with one attached hydrogen (secondary N) is 1. The van der Waals surface area contributed by atoms with E-state index in [4.69, 9.17) is 0 Å². The van der Waals surface area contributed by atoms with Gasteiger partial charge in [-0.1, -0.05) is 30.3 Å². The van der Waals surface area contributed by atoms with Gasteiger partial charge in [0.2, 0.25) is 0 Å². The zero-order valence-electron chi connectivity index (χ0n) is 8.56. The number of rotatable bonds is 3. The van der Waals surface area contributed by atoms with Crippen LogP contribution >= 0.6 is 15.9 Å². The third-order valence-corrected chi connectivity index (χ3v) is 5.71. The molecule has 1 aliphatic heterocycles. The fraction of sp³-hybridized carbons (Fsp3) is 0.273. The summed E-state index contributed by atoms with van der Waals surface area (Å²) in [6.07, 6.45) is 1.71. The second-order valence-electron chi connectivity index (χ2n) is 3.73. The highest BCUT2D eigenvalue weighted by Crippen LogP contribution is 2.23. The molecular weight excluding hydrogens is 290 g/mol. The van der Waals surface area contributed by atoms with Gasteiger partial charge in [-0.25, -0.2) is 8.42 Å². The van der Waals surface area contributed by atoms with Crippen LogP contribution in [0, 0.1) is 0 Å². The largest absolute Gasteiger partial charge is 0.305 e. The summed E-state index contributed by atoms with van der Waals surface area (Å²) >= 11 is 3.06. The van der Waals surface area contributed by atoms with E-state index in [0.29, 0.717) is 10.4 Å². The first-order valence-corrected chi connectivity index (χ1v) is 7.40. The maximum Gasteiger partial charge on any atom is 0.186 e. The van der Waals surface area contributed by atoms with Crippen LogP contribution in [0.2, 0.25) is 0 Å². The third-order valence-electron chi connectivity index (χ3n) is 2.44. The topological polar surface area (TPSA) is 46.2 Å². The molecular formula is C11H12BrNO2S. The highest BCUT2D eigenvalue weighted by molar-refractivity contribution is 9.13. The first-order valence-electron chi connectivity index (χ1n) is 4.95. The van der Waals surface area contributed by atoms with Crippen LogP contribution in [0.3, 0.4) is 0 Å². The second-order valence-corrected chi connectivity index (χ2v) is 7.11. The molecule has 1 aromatic carbocycles. The molecule has 0 spiro atoms. The summed E-state index contributed by atoms with van der Waals surface area (Å²) in [7, 11) is -3.06. The number of halogens is 1. The Labute approximate surface area is 104 Å². The van der Waals surface area contributed by atoms with E-state index in [1.807, 2.05) is 30.3 Å². The molecule has 1 unspecified atom stereocenters. The minimum Gasteiger partial charge on any atom is -0.305 e. The lowest BCUT2D eigenvalue weighted by Gasteiger charge is -2.09. The van der Waals surface area contributed by atoms with Gasteiger partial charge in [0.25, 0.3) is 0 Å². The molecule has 0 bridgehead atoms. The maximum absolute atomic E-state index is 11.4. The van der Waals surface area contributed by atoms with Gasteiger partial charge in [0.05, 0.1) is 5.75 Å². The zero-order chi connectivity index (χ0) is 11.6. The minimum atomic E-state index is -3.06. The van der Waals surface area contributed by atoms with Gasteiger partial charge in [0, 0.05) is 12.6 Å². The summed E-state index contributed by atoms with van der Waals surface area (Å²) in [5.41, 5.74) is 1.15. The van der Waals surface area contributed by atoms with E-state index in [2.05, 4.69) is 21.2 Å². The van der Waals surface area contributed by atoms with Crippen molar-refractivity contribution in [3.05, 3.63) is 45.8 Å². The van der Waals surface area contributed by atoms with Crippen molar-refractivity contribution in [2.75, 3.05) is 5.75 Å². The Kier molecular flexibility index (Phi) is 3.47. The van der Waals surface area contributed by atoms with Gasteiger partial charge in [0.15, 0.2) is 9.84 Å². The van der Waals surface area contributed by atoms with Gasteiger partial charge in [-0.15, -0.1) is 0 Å². The number of hydrogen-bond acceptors (Lipinski definition) is 3. The van der Waals surface area contributed by atoms with Crippen molar-refractivity contribution in [2.24, 2.45) is 0 Å². The summed E-state index contributed by atoms with van der Waals surface area (Å²) in [5.74, 6) is 0.139. The minimum absolute atomic E-state index is 0.0976. The molecule has 0 saturated heterocycles. The smallest absolute Gasteiger partial charge is 0.186 e. The molecule has 5 heteroatoms. The van der Waals surface area contributed by atoms with Crippen molar-refractivity contribution >= 4 is 25.8 Å². The van der Waals surface area contributed by atoms with E-state index in [9.17, 15) is 8.42 Å². The summed E-state index contributed by atoms with van der Waals surface area (Å²) in [6, 6.07) is 9.81. The van der Waals surface area contributed by atoms with Gasteiger partial charge in [-0.05, 0) is 27.6 Å². The first-order chi connectivity index (χ1) is 7.58. The quantitative estimate of drug-likeness (QED) is 0.926. The van der Waals surface area contributed by atoms with Gasteiger partial charge in [-0.2, -0.15) is 0 Å². The number of benzene rings is 1. The summed E-state index contributed by atoms with van der Waals surface area (Å²) in [6.45, 7) is 0.678. The molecule has 1 N–H and O–H groups in total. The molecule has 0 amide bonds. The van der Waals surface area contributed by atoms with Crippen LogP contribution < -0.4 is 5.32 Å². The van der Waals surface area contributed by atoms with Gasteiger partial charge < -0.3 is 5.32 Å². The van der Waals surface area contributed by atoms with Crippen molar-refractivity contribution in [3.63, 3.8) is 0 Å². The summed E-state index contributed by atoms with van der Waals surface area (Å²) in [4.78, 5) is 0. The monoisotopic (exact) mass is 301 g/mol. The Balaban J connectivity index is 1.95. The summed E-state index contributed by atoms with van der Waals surface area (Å²) in [5, 5.41) is 3.20. The molecule has 0 radical (unpaired) electrons. The van der Waals surface area contributed by atoms with Gasteiger partial charge in [-0.3, -0.25) is 0 Å². The van der Waals surface area contributed by atoms with Crippen LogP contribution in [0.25, 0.3) is 0 Å². The van der Waals surface area contributed by atoms with Crippen LogP contribution in [-0.4, -0.2) is 20.2 Å². The highest BCUT2D eigenvalue weighted by Gasteiger charge is 2.28. The molecule has 16 heavy (non-hydrogen) atoms. The molecule has 0 aromatic heterocycles. The lowest BCUT2D eigenvalue weighted by atomic mass is 10.2. The van der Waals surface area contributed by atoms with Crippen molar-refractivity contribution in [1.82, 2.24) is 5.32 Å². The molecule has 1 heterocycles. The molecule has 0 fully saturated rings. The normalized spacial score (nSPS) is 23.1. The fourth-order valence-electron chi connectivity index (χ4n) is 1.59. The lowest BCUT2D eigenvalue weighted by Crippen LogP contribution is -2.29. The van der Waals surface area contributed by atoms with Gasteiger partial charge in [0.1, 0.15) is 3.81 Å². The van der Waals surface area contributed by atoms with Crippen molar-refractivity contribution in [2.45, 2.75) is 12.6 Å². The lowest BCUT2D eigenvalue weighted by molar-refractivity contribution is 0.590. The van der Waals surface area contributed by atoms with E-state index < -0.39 is 9.84 Å². The van der Waals surface area contributed by atoms with Crippen molar-refractivity contribution in [1.29, 1.82) is 0 Å². The first kappa shape index (κ1) is 11.8. The molecule has 86 valence electrons. The van der Waals surface area contributed by atoms with E-state index in [-0.39, 0.29) is 11.8 Å². The van der Waals surface area contributed by atoms with Crippen LogP contribution in [0.15, 0.2) is 40.2 Å². The Morgan fingerprint density at radius 3 is 2.56 bits per heavy atom. The molecule has 1 aliphatic rings. The second kappa shape index (κ2) is 4.69. The Hall–Kier alpha value is -0.650. The van der Waals surface area contributed by atoms with E-state index >= 15 is 0 Å². The average Bonchev–Trinajstić information content (AvgIpc) is 2.52. The zero-order valence-corrected chi connectivity index (χ0v) is 11.0. The Bertz CT molecular complexity index is 496. The van der Waals surface area contributed by atoms with Crippen molar-refractivity contribution < 1.29 is 8.42 Å². The highest BCUT2D eigenvalue weighted by atomic mass is 79.9. The molecule has 3 nitrogen and oxygen atoms in total. The van der Waals surface area contributed by atoms with Crippen LogP contribution in [-0.2, 0) is 16.4 Å². The summed E-state index contributed by atoms with van der Waals surface area (Å²) < 4.78 is 23.2. The molecule has 1 atom stereocenters. The SMILES string of the molecule is O=S1(=O)CC(NCc2ccccc2)C=C1Br. The van der Waals surface area contributed by atoms with E-state index in [0.717, 1.165) is 5.56 Å². The Morgan fingerprint density at radius 1 is 1.31 bits per heavy atom. The fourth-order valence-corrected chi connectivity index (χ4v) is 3.52. The van der Waals surface area contributed by atoms with Gasteiger partial charge >= 0.3 is 0 Å². The molecule has 0 aliphatic carbocycles. The predicted molar refractivity (Wildman–Crippen MR) is 67.9 cm³/mol. The number of sulfone groups is 1.